The molecule has 0 aromatic carbocycles. The van der Waals surface area contributed by atoms with E-state index in [0.717, 1.165) is 18.6 Å². The van der Waals surface area contributed by atoms with E-state index in [1.807, 2.05) is 46.4 Å². The lowest BCUT2D eigenvalue weighted by Crippen LogP contribution is -2.41. The van der Waals surface area contributed by atoms with Gasteiger partial charge in [-0.15, -0.1) is 0 Å². The number of carbonyl (C=O) groups is 4. The summed E-state index contributed by atoms with van der Waals surface area (Å²) >= 11 is 5.92. The fraction of sp³-hybridized carbons (Fsp3) is 0.882. The van der Waals surface area contributed by atoms with Crippen molar-refractivity contribution in [2.75, 3.05) is 24.7 Å². The molecule has 0 radical (unpaired) electrons. The minimum atomic E-state index is -1.17. The highest BCUT2D eigenvalue weighted by atomic mass is 32.2. The molecule has 0 aromatic rings. The molecule has 0 aliphatic carbocycles. The summed E-state index contributed by atoms with van der Waals surface area (Å²) in [5.74, 6) is 1.49. The lowest BCUT2D eigenvalue weighted by atomic mass is 9.83. The van der Waals surface area contributed by atoms with Crippen LogP contribution in [0.3, 0.4) is 0 Å². The maximum atomic E-state index is 12.1. The molecule has 0 heterocycles. The lowest BCUT2D eigenvalue weighted by molar-refractivity contribution is -0.140. The van der Waals surface area contributed by atoms with Gasteiger partial charge in [0.1, 0.15) is 23.8 Å². The number of aliphatic hydroxyl groups is 3. The smallest absolute Gasteiger partial charge is 0.161 e. The Morgan fingerprint density at radius 1 is 0.659 bits per heavy atom. The first kappa shape index (κ1) is 45.3. The Morgan fingerprint density at radius 3 is 1.45 bits per heavy atom. The number of hydrogen-bond donors (Lipinski definition) is 4. The van der Waals surface area contributed by atoms with Gasteiger partial charge in [0.15, 0.2) is 11.6 Å². The Kier molecular flexibility index (Phi) is 22.6. The van der Waals surface area contributed by atoms with Gasteiger partial charge in [0, 0.05) is 54.1 Å². The van der Waals surface area contributed by atoms with Gasteiger partial charge in [0.2, 0.25) is 0 Å². The second kappa shape index (κ2) is 21.9. The van der Waals surface area contributed by atoms with Crippen molar-refractivity contribution >= 4 is 47.5 Å². The number of thiol groups is 1. The second-order valence-corrected chi connectivity index (χ2v) is 17.3. The van der Waals surface area contributed by atoms with Crippen molar-refractivity contribution in [2.24, 2.45) is 10.8 Å². The summed E-state index contributed by atoms with van der Waals surface area (Å²) in [6.45, 7) is 19.3. The van der Waals surface area contributed by atoms with Gasteiger partial charge < -0.3 is 20.1 Å². The van der Waals surface area contributed by atoms with Crippen molar-refractivity contribution in [2.45, 2.75) is 156 Å². The van der Waals surface area contributed by atoms with Crippen LogP contribution in [0, 0.1) is 10.8 Å². The van der Waals surface area contributed by atoms with E-state index < -0.39 is 23.0 Å². The van der Waals surface area contributed by atoms with Crippen molar-refractivity contribution in [3.63, 3.8) is 0 Å². The molecule has 10 heteroatoms. The Hall–Kier alpha value is -0.780. The van der Waals surface area contributed by atoms with Gasteiger partial charge in [0.05, 0.1) is 18.8 Å². The zero-order chi connectivity index (χ0) is 34.8. The Labute approximate surface area is 277 Å². The van der Waals surface area contributed by atoms with Crippen LogP contribution in [0.4, 0.5) is 0 Å². The molecule has 0 spiro atoms. The van der Waals surface area contributed by atoms with Crippen LogP contribution in [-0.4, -0.2) is 85.7 Å². The summed E-state index contributed by atoms with van der Waals surface area (Å²) in [4.78, 5) is 47.2. The van der Waals surface area contributed by atoms with Crippen LogP contribution in [0.15, 0.2) is 0 Å². The second-order valence-electron chi connectivity index (χ2n) is 15.0. The average molecular weight is 665 g/mol. The van der Waals surface area contributed by atoms with Gasteiger partial charge in [-0.05, 0) is 58.0 Å². The first-order valence-electron chi connectivity index (χ1n) is 15.9. The van der Waals surface area contributed by atoms with E-state index in [1.54, 1.807) is 13.8 Å². The molecule has 0 aromatic heterocycles. The zero-order valence-electron chi connectivity index (χ0n) is 29.3. The number of ketones is 4. The highest BCUT2D eigenvalue weighted by Crippen LogP contribution is 2.26. The molecule has 0 fully saturated rings. The third-order valence-electron chi connectivity index (χ3n) is 6.88. The molecule has 44 heavy (non-hydrogen) atoms. The molecule has 0 unspecified atom stereocenters. The molecule has 260 valence electrons. The predicted octanol–water partition coefficient (Wildman–Crippen LogP) is 6.19. The Balaban J connectivity index is 0. The summed E-state index contributed by atoms with van der Waals surface area (Å²) in [6.07, 6.45) is 2.65. The van der Waals surface area contributed by atoms with Crippen LogP contribution >= 0.6 is 24.4 Å². The number of aliphatic hydroxyl groups excluding tert-OH is 3. The molecular formula is C34H64O8S2. The number of Topliss-reactive ketones (excluding diaryl/α,β-unsaturated/α-hetero) is 4. The maximum Gasteiger partial charge on any atom is 0.161 e. The van der Waals surface area contributed by atoms with Crippen molar-refractivity contribution in [3.8, 4) is 0 Å². The number of carbonyl (C=O) groups excluding carboxylic acids is 4. The van der Waals surface area contributed by atoms with E-state index >= 15 is 0 Å². The van der Waals surface area contributed by atoms with Gasteiger partial charge in [-0.3, -0.25) is 19.2 Å². The third-order valence-corrected chi connectivity index (χ3v) is 8.56. The van der Waals surface area contributed by atoms with Gasteiger partial charge in [-0.1, -0.05) is 48.5 Å². The molecule has 3 N–H and O–H groups in total. The number of thioether (sulfide) groups is 1. The monoisotopic (exact) mass is 664 g/mol. The van der Waals surface area contributed by atoms with E-state index in [9.17, 15) is 29.4 Å². The van der Waals surface area contributed by atoms with E-state index in [2.05, 4.69) is 33.4 Å². The normalized spacial score (nSPS) is 14.0. The lowest BCUT2D eigenvalue weighted by Gasteiger charge is -2.32. The Morgan fingerprint density at radius 2 is 1.07 bits per heavy atom. The minimum Gasteiger partial charge on any atom is -0.396 e. The van der Waals surface area contributed by atoms with E-state index in [1.165, 1.54) is 0 Å². The fourth-order valence-electron chi connectivity index (χ4n) is 3.81. The highest BCUT2D eigenvalue weighted by molar-refractivity contribution is 8.00. The molecule has 0 rings (SSSR count). The van der Waals surface area contributed by atoms with E-state index in [0.29, 0.717) is 50.9 Å². The first-order valence-corrected chi connectivity index (χ1v) is 17.6. The highest BCUT2D eigenvalue weighted by Gasteiger charge is 2.35. The molecule has 8 nitrogen and oxygen atoms in total. The largest absolute Gasteiger partial charge is 0.396 e. The van der Waals surface area contributed by atoms with Crippen LogP contribution in [-0.2, 0) is 23.9 Å². The summed E-state index contributed by atoms with van der Waals surface area (Å²) in [5, 5.41) is 29.2. The van der Waals surface area contributed by atoms with Crippen molar-refractivity contribution in [3.05, 3.63) is 0 Å². The Bertz CT molecular complexity index is 856. The van der Waals surface area contributed by atoms with Crippen molar-refractivity contribution in [1.82, 2.24) is 0 Å². The van der Waals surface area contributed by atoms with E-state index in [-0.39, 0.29) is 52.9 Å². The van der Waals surface area contributed by atoms with Crippen LogP contribution in [0.5, 0.6) is 0 Å². The minimum absolute atomic E-state index is 0.159. The predicted molar refractivity (Wildman–Crippen MR) is 185 cm³/mol. The SMILES string of the molecule is CC(C)(C)OCC(C)(C)[C@@H](O)C(=O)CCCC(=O)CCCS.CC(C)(C)SCCCC(=O)CCCC(=O)[C@H](O)C(C)(C)CO. The van der Waals surface area contributed by atoms with Gasteiger partial charge in [-0.25, -0.2) is 0 Å². The summed E-state index contributed by atoms with van der Waals surface area (Å²) in [6, 6.07) is 0. The molecule has 0 saturated carbocycles. The van der Waals surface area contributed by atoms with Gasteiger partial charge >= 0.3 is 0 Å². The number of ether oxygens (including phenoxy) is 1. The number of rotatable bonds is 22. The van der Waals surface area contributed by atoms with Gasteiger partial charge in [0.25, 0.3) is 0 Å². The zero-order valence-corrected chi connectivity index (χ0v) is 31.0. The number of hydrogen-bond acceptors (Lipinski definition) is 10. The molecule has 2 atom stereocenters. The summed E-state index contributed by atoms with van der Waals surface area (Å²) in [5.41, 5.74) is -1.77. The summed E-state index contributed by atoms with van der Waals surface area (Å²) < 4.78 is 5.91. The average Bonchev–Trinajstić information content (AvgIpc) is 2.91. The van der Waals surface area contributed by atoms with Crippen molar-refractivity contribution < 1.29 is 39.2 Å². The standard InChI is InChI=1S/2C17H32O4S/c1-16(2,3)21-12-17(4,5)15(20)14(19)10-6-8-13(18)9-7-11-22;1-16(2,3)22-11-7-9-13(19)8-6-10-14(20)15(21)17(4,5)12-18/h15,20,22H,6-12H2,1-5H3;15,18,21H,6-12H2,1-5H3/t2*15-/m00/s1. The molecule has 0 saturated heterocycles. The van der Waals surface area contributed by atoms with Crippen LogP contribution in [0.1, 0.15) is 133 Å². The molecular weight excluding hydrogens is 601 g/mol. The molecule has 0 aliphatic rings. The van der Waals surface area contributed by atoms with Crippen LogP contribution in [0.2, 0.25) is 0 Å². The molecule has 0 bridgehead atoms. The quantitative estimate of drug-likeness (QED) is 0.0788. The fourth-order valence-corrected chi connectivity index (χ4v) is 4.87. The third kappa shape index (κ3) is 23.5. The van der Waals surface area contributed by atoms with Crippen molar-refractivity contribution in [1.29, 1.82) is 0 Å². The maximum absolute atomic E-state index is 12.1. The van der Waals surface area contributed by atoms with Gasteiger partial charge in [-0.2, -0.15) is 24.4 Å². The van der Waals surface area contributed by atoms with E-state index in [4.69, 9.17) is 9.84 Å². The first-order chi connectivity index (χ1) is 20.0. The summed E-state index contributed by atoms with van der Waals surface area (Å²) in [7, 11) is 0. The van der Waals surface area contributed by atoms with Crippen LogP contribution < -0.4 is 0 Å². The molecule has 0 aliphatic heterocycles. The van der Waals surface area contributed by atoms with Crippen LogP contribution in [0.25, 0.3) is 0 Å². The topological polar surface area (TPSA) is 138 Å². The molecule has 0 amide bonds.